The van der Waals surface area contributed by atoms with Crippen LogP contribution in [-0.2, 0) is 11.3 Å². The maximum Gasteiger partial charge on any atom is 0.293 e. The van der Waals surface area contributed by atoms with E-state index in [4.69, 9.17) is 4.74 Å². The Labute approximate surface area is 157 Å². The molecule has 0 atom stereocenters. The van der Waals surface area contributed by atoms with Crippen LogP contribution in [0.4, 0.5) is 4.79 Å². The van der Waals surface area contributed by atoms with Gasteiger partial charge in [-0.05, 0) is 47.5 Å². The predicted molar refractivity (Wildman–Crippen MR) is 105 cm³/mol. The number of hydrogen-bond donors (Lipinski definition) is 0. The third-order valence-electron chi connectivity index (χ3n) is 4.00. The molecule has 5 heteroatoms. The minimum absolute atomic E-state index is 0.232. The standard InChI is InChI=1S/C21H21NO3S/c1-2-3-13-25-18-11-9-16(10-12-18)14-19-20(23)22(21(24)26-19)15-17-7-5-4-6-8-17/h4-12,14H,2-3,13,15H2,1H3/b19-14-. The summed E-state index contributed by atoms with van der Waals surface area (Å²) < 4.78 is 5.64. The van der Waals surface area contributed by atoms with Crippen LogP contribution in [0.5, 0.6) is 5.75 Å². The van der Waals surface area contributed by atoms with Gasteiger partial charge >= 0.3 is 0 Å². The summed E-state index contributed by atoms with van der Waals surface area (Å²) in [5.41, 5.74) is 1.81. The highest BCUT2D eigenvalue weighted by molar-refractivity contribution is 8.18. The molecule has 1 aliphatic heterocycles. The first-order chi connectivity index (χ1) is 12.7. The molecule has 0 aliphatic carbocycles. The summed E-state index contributed by atoms with van der Waals surface area (Å²) in [6, 6.07) is 17.1. The van der Waals surface area contributed by atoms with Crippen molar-refractivity contribution in [3.63, 3.8) is 0 Å². The van der Waals surface area contributed by atoms with Crippen LogP contribution in [0, 0.1) is 0 Å². The highest BCUT2D eigenvalue weighted by atomic mass is 32.2. The van der Waals surface area contributed by atoms with Gasteiger partial charge in [0.1, 0.15) is 5.75 Å². The van der Waals surface area contributed by atoms with Gasteiger partial charge < -0.3 is 4.74 Å². The number of benzene rings is 2. The van der Waals surface area contributed by atoms with Crippen molar-refractivity contribution >= 4 is 29.0 Å². The van der Waals surface area contributed by atoms with Gasteiger partial charge in [0.05, 0.1) is 18.1 Å². The van der Waals surface area contributed by atoms with Gasteiger partial charge in [-0.2, -0.15) is 0 Å². The Morgan fingerprint density at radius 2 is 1.77 bits per heavy atom. The monoisotopic (exact) mass is 367 g/mol. The molecule has 4 nitrogen and oxygen atoms in total. The van der Waals surface area contributed by atoms with E-state index in [0.29, 0.717) is 18.1 Å². The smallest absolute Gasteiger partial charge is 0.293 e. The largest absolute Gasteiger partial charge is 0.494 e. The summed E-state index contributed by atoms with van der Waals surface area (Å²) in [6.45, 7) is 3.12. The van der Waals surface area contributed by atoms with Crippen LogP contribution in [0.1, 0.15) is 30.9 Å². The fraction of sp³-hybridized carbons (Fsp3) is 0.238. The Kier molecular flexibility index (Phi) is 6.12. The van der Waals surface area contributed by atoms with Gasteiger partial charge in [0.15, 0.2) is 0 Å². The maximum absolute atomic E-state index is 12.6. The molecule has 0 N–H and O–H groups in total. The minimum atomic E-state index is -0.243. The third-order valence-corrected chi connectivity index (χ3v) is 4.91. The van der Waals surface area contributed by atoms with Crippen molar-refractivity contribution in [1.82, 2.24) is 4.90 Å². The number of thioether (sulfide) groups is 1. The van der Waals surface area contributed by atoms with Crippen LogP contribution in [0.3, 0.4) is 0 Å². The van der Waals surface area contributed by atoms with E-state index in [1.165, 1.54) is 4.90 Å². The first-order valence-corrected chi connectivity index (χ1v) is 9.51. The van der Waals surface area contributed by atoms with Gasteiger partial charge in [0.2, 0.25) is 0 Å². The summed E-state index contributed by atoms with van der Waals surface area (Å²) in [5, 5.41) is -0.232. The number of unbranched alkanes of at least 4 members (excludes halogenated alkanes) is 1. The Balaban J connectivity index is 1.67. The van der Waals surface area contributed by atoms with Gasteiger partial charge in [-0.1, -0.05) is 55.8 Å². The van der Waals surface area contributed by atoms with Crippen molar-refractivity contribution in [2.75, 3.05) is 6.61 Å². The predicted octanol–water partition coefficient (Wildman–Crippen LogP) is 5.10. The SMILES string of the molecule is CCCCOc1ccc(/C=C2\SC(=O)N(Cc3ccccc3)C2=O)cc1. The molecule has 0 spiro atoms. The maximum atomic E-state index is 12.6. The molecule has 3 rings (SSSR count). The van der Waals surface area contributed by atoms with Crippen LogP contribution in [-0.4, -0.2) is 22.7 Å². The normalized spacial score (nSPS) is 15.7. The number of carbonyl (C=O) groups excluding carboxylic acids is 2. The van der Waals surface area contributed by atoms with E-state index in [1.54, 1.807) is 6.08 Å². The summed E-state index contributed by atoms with van der Waals surface area (Å²) in [7, 11) is 0. The van der Waals surface area contributed by atoms with Crippen molar-refractivity contribution in [2.45, 2.75) is 26.3 Å². The first-order valence-electron chi connectivity index (χ1n) is 8.69. The minimum Gasteiger partial charge on any atom is -0.494 e. The summed E-state index contributed by atoms with van der Waals surface area (Å²) in [6.07, 6.45) is 3.87. The topological polar surface area (TPSA) is 46.6 Å². The van der Waals surface area contributed by atoms with Crippen LogP contribution < -0.4 is 4.74 Å². The van der Waals surface area contributed by atoms with Crippen LogP contribution in [0.25, 0.3) is 6.08 Å². The van der Waals surface area contributed by atoms with E-state index in [2.05, 4.69) is 6.92 Å². The molecule has 0 saturated carbocycles. The molecule has 1 heterocycles. The second-order valence-corrected chi connectivity index (χ2v) is 7.02. The van der Waals surface area contributed by atoms with Gasteiger partial charge in [-0.25, -0.2) is 0 Å². The number of rotatable bonds is 7. The van der Waals surface area contributed by atoms with E-state index in [0.717, 1.165) is 41.5 Å². The summed E-state index contributed by atoms with van der Waals surface area (Å²) in [4.78, 5) is 26.5. The third kappa shape index (κ3) is 4.55. The van der Waals surface area contributed by atoms with Gasteiger partial charge in [0, 0.05) is 0 Å². The lowest BCUT2D eigenvalue weighted by Gasteiger charge is -2.12. The average Bonchev–Trinajstić information content (AvgIpc) is 2.92. The van der Waals surface area contributed by atoms with Crippen molar-refractivity contribution in [3.8, 4) is 5.75 Å². The molecule has 0 unspecified atom stereocenters. The number of amides is 2. The lowest BCUT2D eigenvalue weighted by atomic mass is 10.2. The zero-order valence-corrected chi connectivity index (χ0v) is 15.5. The molecule has 2 aromatic rings. The van der Waals surface area contributed by atoms with E-state index in [-0.39, 0.29) is 11.1 Å². The Bertz CT molecular complexity index is 800. The van der Waals surface area contributed by atoms with Crippen LogP contribution >= 0.6 is 11.8 Å². The zero-order chi connectivity index (χ0) is 18.4. The molecule has 134 valence electrons. The quantitative estimate of drug-likeness (QED) is 0.504. The van der Waals surface area contributed by atoms with E-state index >= 15 is 0 Å². The highest BCUT2D eigenvalue weighted by Crippen LogP contribution is 2.33. The summed E-state index contributed by atoms with van der Waals surface area (Å²) >= 11 is 0.984. The number of nitrogens with zero attached hydrogens (tertiary/aromatic N) is 1. The van der Waals surface area contributed by atoms with Gasteiger partial charge in [-0.3, -0.25) is 14.5 Å². The number of ether oxygens (including phenoxy) is 1. The van der Waals surface area contributed by atoms with Crippen LogP contribution in [0.15, 0.2) is 59.5 Å². The molecule has 26 heavy (non-hydrogen) atoms. The number of imide groups is 1. The highest BCUT2D eigenvalue weighted by Gasteiger charge is 2.34. The zero-order valence-electron chi connectivity index (χ0n) is 14.7. The lowest BCUT2D eigenvalue weighted by molar-refractivity contribution is -0.123. The molecule has 2 aromatic carbocycles. The van der Waals surface area contributed by atoms with Crippen molar-refractivity contribution in [3.05, 3.63) is 70.6 Å². The van der Waals surface area contributed by atoms with Gasteiger partial charge in [-0.15, -0.1) is 0 Å². The molecule has 0 radical (unpaired) electrons. The Morgan fingerprint density at radius 1 is 1.04 bits per heavy atom. The molecule has 0 bridgehead atoms. The van der Waals surface area contributed by atoms with E-state index < -0.39 is 0 Å². The molecular weight excluding hydrogens is 346 g/mol. The Morgan fingerprint density at radius 3 is 2.46 bits per heavy atom. The second-order valence-electron chi connectivity index (χ2n) is 6.02. The van der Waals surface area contributed by atoms with Crippen LogP contribution in [0.2, 0.25) is 0 Å². The first kappa shape index (κ1) is 18.3. The average molecular weight is 367 g/mol. The molecule has 1 aliphatic rings. The fourth-order valence-corrected chi connectivity index (χ4v) is 3.39. The van der Waals surface area contributed by atoms with E-state index in [1.807, 2.05) is 54.6 Å². The molecular formula is C21H21NO3S. The fourth-order valence-electron chi connectivity index (χ4n) is 2.55. The Hall–Kier alpha value is -2.53. The van der Waals surface area contributed by atoms with Gasteiger partial charge in [0.25, 0.3) is 11.1 Å². The molecule has 1 fully saturated rings. The van der Waals surface area contributed by atoms with Crippen molar-refractivity contribution < 1.29 is 14.3 Å². The molecule has 2 amide bonds. The van der Waals surface area contributed by atoms with E-state index in [9.17, 15) is 9.59 Å². The second kappa shape index (κ2) is 8.72. The van der Waals surface area contributed by atoms with Crippen molar-refractivity contribution in [2.24, 2.45) is 0 Å². The lowest BCUT2D eigenvalue weighted by Crippen LogP contribution is -2.27. The number of carbonyl (C=O) groups is 2. The molecule has 1 saturated heterocycles. The number of hydrogen-bond acceptors (Lipinski definition) is 4. The summed E-state index contributed by atoms with van der Waals surface area (Å²) in [5.74, 6) is 0.569. The van der Waals surface area contributed by atoms with Crippen molar-refractivity contribution in [1.29, 1.82) is 0 Å². The molecule has 0 aromatic heterocycles.